The topological polar surface area (TPSA) is 3.24 Å². The van der Waals surface area contributed by atoms with E-state index in [1.165, 1.54) is 28.8 Å². The van der Waals surface area contributed by atoms with E-state index in [1.807, 2.05) is 12.1 Å². The van der Waals surface area contributed by atoms with E-state index >= 15 is 0 Å². The van der Waals surface area contributed by atoms with Gasteiger partial charge in [0.25, 0.3) is 0 Å². The van der Waals surface area contributed by atoms with Gasteiger partial charge in [0.1, 0.15) is 5.82 Å². The summed E-state index contributed by atoms with van der Waals surface area (Å²) in [4.78, 5) is 2.48. The fourth-order valence-electron chi connectivity index (χ4n) is 3.95. The summed E-state index contributed by atoms with van der Waals surface area (Å²) < 4.78 is 13.0. The number of rotatable bonds is 5. The Hall–Kier alpha value is -2.97. The van der Waals surface area contributed by atoms with E-state index in [0.29, 0.717) is 0 Å². The van der Waals surface area contributed by atoms with Crippen LogP contribution in [-0.2, 0) is 0 Å². The van der Waals surface area contributed by atoms with Crippen LogP contribution in [-0.4, -0.2) is 24.5 Å². The van der Waals surface area contributed by atoms with Crippen molar-refractivity contribution in [3.8, 4) is 0 Å². The average Bonchev–Trinajstić information content (AvgIpc) is 2.78. The monoisotopic (exact) mass is 383 g/mol. The minimum absolute atomic E-state index is 0.190. The van der Waals surface area contributed by atoms with Crippen molar-refractivity contribution in [1.29, 1.82) is 0 Å². The highest BCUT2D eigenvalue weighted by atomic mass is 19.1. The highest BCUT2D eigenvalue weighted by molar-refractivity contribution is 5.82. The van der Waals surface area contributed by atoms with E-state index in [-0.39, 0.29) is 5.82 Å². The van der Waals surface area contributed by atoms with Crippen molar-refractivity contribution in [3.05, 3.63) is 119 Å². The molecule has 1 fully saturated rings. The highest BCUT2D eigenvalue weighted by Crippen LogP contribution is 2.32. The lowest BCUT2D eigenvalue weighted by atomic mass is 9.88. The van der Waals surface area contributed by atoms with E-state index in [4.69, 9.17) is 0 Å². The van der Waals surface area contributed by atoms with Crippen LogP contribution in [0, 0.1) is 5.82 Å². The third-order valence-corrected chi connectivity index (χ3v) is 5.48. The molecule has 1 nitrogen and oxygen atoms in total. The van der Waals surface area contributed by atoms with Crippen LogP contribution in [0.1, 0.15) is 29.5 Å². The smallest absolute Gasteiger partial charge is 0.123 e. The largest absolute Gasteiger partial charge is 0.299 e. The molecular formula is C27H26FN. The van der Waals surface area contributed by atoms with E-state index in [1.54, 1.807) is 5.57 Å². The van der Waals surface area contributed by atoms with Gasteiger partial charge in [-0.1, -0.05) is 90.5 Å². The van der Waals surface area contributed by atoms with E-state index < -0.39 is 0 Å². The molecule has 3 aromatic carbocycles. The maximum absolute atomic E-state index is 13.0. The summed E-state index contributed by atoms with van der Waals surface area (Å²) >= 11 is 0. The van der Waals surface area contributed by atoms with Gasteiger partial charge in [-0.15, -0.1) is 0 Å². The van der Waals surface area contributed by atoms with Gasteiger partial charge in [-0.2, -0.15) is 0 Å². The summed E-state index contributed by atoms with van der Waals surface area (Å²) in [6.45, 7) is 3.05. The third kappa shape index (κ3) is 5.10. The summed E-state index contributed by atoms with van der Waals surface area (Å²) in [5.74, 6) is -0.190. The molecule has 0 unspecified atom stereocenters. The fraction of sp³-hybridized carbons (Fsp3) is 0.185. The lowest BCUT2D eigenvalue weighted by Gasteiger charge is -2.29. The van der Waals surface area contributed by atoms with Gasteiger partial charge in [0.05, 0.1) is 0 Å². The van der Waals surface area contributed by atoms with Crippen molar-refractivity contribution in [3.63, 3.8) is 0 Å². The first-order valence-electron chi connectivity index (χ1n) is 10.3. The van der Waals surface area contributed by atoms with E-state index in [9.17, 15) is 4.39 Å². The number of piperidine rings is 1. The van der Waals surface area contributed by atoms with Crippen LogP contribution in [0.25, 0.3) is 11.6 Å². The van der Waals surface area contributed by atoms with Crippen molar-refractivity contribution < 1.29 is 4.39 Å². The summed E-state index contributed by atoms with van der Waals surface area (Å²) in [5, 5.41) is 0. The Morgan fingerprint density at radius 2 is 1.31 bits per heavy atom. The Morgan fingerprint density at radius 1 is 0.759 bits per heavy atom. The van der Waals surface area contributed by atoms with Crippen molar-refractivity contribution in [1.82, 2.24) is 4.90 Å². The van der Waals surface area contributed by atoms with Gasteiger partial charge in [0, 0.05) is 19.6 Å². The molecule has 0 saturated carbocycles. The second-order valence-corrected chi connectivity index (χ2v) is 7.47. The third-order valence-electron chi connectivity index (χ3n) is 5.48. The number of hydrogen-bond donors (Lipinski definition) is 0. The van der Waals surface area contributed by atoms with E-state index in [2.05, 4.69) is 77.7 Å². The Bertz CT molecular complexity index is 921. The van der Waals surface area contributed by atoms with Crippen LogP contribution in [0.15, 0.2) is 96.6 Å². The second-order valence-electron chi connectivity index (χ2n) is 7.47. The summed E-state index contributed by atoms with van der Waals surface area (Å²) in [6.07, 6.45) is 6.43. The molecule has 0 radical (unpaired) electrons. The van der Waals surface area contributed by atoms with E-state index in [0.717, 1.165) is 38.0 Å². The first-order chi connectivity index (χ1) is 14.3. The molecule has 1 aliphatic heterocycles. The van der Waals surface area contributed by atoms with Gasteiger partial charge in [0.2, 0.25) is 0 Å². The molecule has 0 N–H and O–H groups in total. The lowest BCUT2D eigenvalue weighted by molar-refractivity contribution is 0.284. The van der Waals surface area contributed by atoms with Crippen LogP contribution in [0.3, 0.4) is 0 Å². The van der Waals surface area contributed by atoms with Gasteiger partial charge in [-0.3, -0.25) is 4.90 Å². The molecule has 0 amide bonds. The zero-order valence-electron chi connectivity index (χ0n) is 16.6. The van der Waals surface area contributed by atoms with Crippen LogP contribution >= 0.6 is 0 Å². The maximum Gasteiger partial charge on any atom is 0.123 e. The molecule has 146 valence electrons. The number of hydrogen-bond acceptors (Lipinski definition) is 1. The molecule has 0 bridgehead atoms. The molecule has 1 heterocycles. The molecule has 1 saturated heterocycles. The Morgan fingerprint density at radius 3 is 1.86 bits per heavy atom. The Labute approximate surface area is 172 Å². The van der Waals surface area contributed by atoms with Gasteiger partial charge in [-0.05, 0) is 47.2 Å². The van der Waals surface area contributed by atoms with Crippen molar-refractivity contribution >= 4 is 11.6 Å². The van der Waals surface area contributed by atoms with Crippen molar-refractivity contribution in [2.24, 2.45) is 0 Å². The van der Waals surface area contributed by atoms with Crippen LogP contribution in [0.5, 0.6) is 0 Å². The number of nitrogens with zero attached hydrogens (tertiary/aromatic N) is 1. The molecule has 0 aromatic heterocycles. The number of likely N-dealkylation sites (tertiary alicyclic amines) is 1. The minimum Gasteiger partial charge on any atom is -0.299 e. The molecule has 0 atom stereocenters. The summed E-state index contributed by atoms with van der Waals surface area (Å²) in [7, 11) is 0. The molecule has 4 rings (SSSR count). The SMILES string of the molecule is Fc1ccc(/C=C/CN2CCC(=C(c3ccccc3)c3ccccc3)CC2)cc1. The molecule has 29 heavy (non-hydrogen) atoms. The molecule has 1 aliphatic rings. The minimum atomic E-state index is -0.190. The maximum atomic E-state index is 13.0. The van der Waals surface area contributed by atoms with Crippen LogP contribution < -0.4 is 0 Å². The number of benzene rings is 3. The molecule has 3 aromatic rings. The Kier molecular flexibility index (Phi) is 6.33. The zero-order valence-corrected chi connectivity index (χ0v) is 16.6. The molecule has 2 heteroatoms. The van der Waals surface area contributed by atoms with Crippen molar-refractivity contribution in [2.45, 2.75) is 12.8 Å². The van der Waals surface area contributed by atoms with Gasteiger partial charge in [0.15, 0.2) is 0 Å². The number of halogens is 1. The van der Waals surface area contributed by atoms with Gasteiger partial charge >= 0.3 is 0 Å². The highest BCUT2D eigenvalue weighted by Gasteiger charge is 2.18. The molecular weight excluding hydrogens is 357 g/mol. The normalized spacial score (nSPS) is 15.0. The lowest BCUT2D eigenvalue weighted by Crippen LogP contribution is -2.31. The van der Waals surface area contributed by atoms with Gasteiger partial charge in [-0.25, -0.2) is 4.39 Å². The standard InChI is InChI=1S/C27H26FN/c28-26-15-13-22(14-16-26)8-7-19-29-20-17-25(18-21-29)27(23-9-3-1-4-10-23)24-11-5-2-6-12-24/h1-16H,17-21H2/b8-7+. The summed E-state index contributed by atoms with van der Waals surface area (Å²) in [5.41, 5.74) is 6.59. The second kappa shape index (κ2) is 9.49. The summed E-state index contributed by atoms with van der Waals surface area (Å²) in [6, 6.07) is 28.1. The average molecular weight is 384 g/mol. The molecule has 0 spiro atoms. The zero-order chi connectivity index (χ0) is 19.9. The fourth-order valence-corrected chi connectivity index (χ4v) is 3.95. The van der Waals surface area contributed by atoms with Crippen LogP contribution in [0.2, 0.25) is 0 Å². The first-order valence-corrected chi connectivity index (χ1v) is 10.3. The Balaban J connectivity index is 1.46. The predicted octanol–water partition coefficient (Wildman–Crippen LogP) is 6.44. The predicted molar refractivity (Wildman–Crippen MR) is 120 cm³/mol. The first kappa shape index (κ1) is 19.4. The molecule has 0 aliphatic carbocycles. The van der Waals surface area contributed by atoms with Gasteiger partial charge < -0.3 is 0 Å². The van der Waals surface area contributed by atoms with Crippen molar-refractivity contribution in [2.75, 3.05) is 19.6 Å². The quantitative estimate of drug-likeness (QED) is 0.490. The van der Waals surface area contributed by atoms with Crippen LogP contribution in [0.4, 0.5) is 4.39 Å².